The van der Waals surface area contributed by atoms with Gasteiger partial charge in [-0.15, -0.1) is 0 Å². The van der Waals surface area contributed by atoms with Gasteiger partial charge in [0.05, 0.1) is 5.69 Å². The van der Waals surface area contributed by atoms with Crippen LogP contribution in [0.1, 0.15) is 57.6 Å². The van der Waals surface area contributed by atoms with Crippen molar-refractivity contribution in [2.45, 2.75) is 64.3 Å². The van der Waals surface area contributed by atoms with E-state index in [-0.39, 0.29) is 5.82 Å². The Bertz CT molecular complexity index is 373. The van der Waals surface area contributed by atoms with Crippen LogP contribution in [0.25, 0.3) is 0 Å². The molecule has 2 rings (SSSR count). The van der Waals surface area contributed by atoms with Gasteiger partial charge in [0, 0.05) is 6.04 Å². The average Bonchev–Trinajstić information content (AvgIpc) is 2.34. The fraction of sp³-hybridized carbons (Fsp3) is 0.714. The van der Waals surface area contributed by atoms with Crippen molar-refractivity contribution in [3.8, 4) is 0 Å². The summed E-state index contributed by atoms with van der Waals surface area (Å²) in [6.07, 6.45) is 10.7. The van der Waals surface area contributed by atoms with Crippen molar-refractivity contribution in [3.63, 3.8) is 0 Å². The molecule has 1 N–H and O–H groups in total. The monoisotopic (exact) mass is 251 g/mol. The van der Waals surface area contributed by atoms with E-state index < -0.39 is 0 Å². The molecule has 0 spiro atoms. The zero-order valence-electron chi connectivity index (χ0n) is 11.1. The second kappa shape index (κ2) is 6.66. The van der Waals surface area contributed by atoms with Crippen molar-refractivity contribution in [2.24, 2.45) is 0 Å². The largest absolute Gasteiger partial charge is 0.365 e. The van der Waals surface area contributed by atoms with Gasteiger partial charge in [-0.2, -0.15) is 0 Å². The predicted molar refractivity (Wildman–Crippen MR) is 71.1 cm³/mol. The van der Waals surface area contributed by atoms with Crippen LogP contribution in [0, 0.1) is 5.82 Å². The van der Waals surface area contributed by atoms with E-state index in [1.165, 1.54) is 38.4 Å². The molecule has 0 aliphatic heterocycles. The normalized spacial score (nSPS) is 18.1. The Morgan fingerprint density at radius 3 is 2.50 bits per heavy atom. The second-order valence-electron chi connectivity index (χ2n) is 5.02. The van der Waals surface area contributed by atoms with E-state index in [4.69, 9.17) is 0 Å². The molecule has 1 saturated carbocycles. The van der Waals surface area contributed by atoms with Gasteiger partial charge in [0.2, 0.25) is 0 Å². The number of rotatable bonds is 3. The number of nitrogens with one attached hydrogen (secondary N) is 1. The van der Waals surface area contributed by atoms with Gasteiger partial charge in [0.25, 0.3) is 0 Å². The minimum absolute atomic E-state index is 0.276. The Kier molecular flexibility index (Phi) is 4.90. The molecule has 1 fully saturated rings. The Hall–Kier alpha value is -1.19. The molecule has 1 heterocycles. The van der Waals surface area contributed by atoms with E-state index in [0.717, 1.165) is 12.8 Å². The molecule has 0 saturated heterocycles. The Labute approximate surface area is 108 Å². The minimum Gasteiger partial charge on any atom is -0.365 e. The molecule has 1 aliphatic rings. The van der Waals surface area contributed by atoms with Crippen molar-refractivity contribution in [1.82, 2.24) is 9.97 Å². The van der Waals surface area contributed by atoms with Crippen molar-refractivity contribution in [2.75, 3.05) is 5.32 Å². The summed E-state index contributed by atoms with van der Waals surface area (Å²) >= 11 is 0. The number of anilines is 1. The summed E-state index contributed by atoms with van der Waals surface area (Å²) in [5, 5.41) is 3.27. The van der Waals surface area contributed by atoms with E-state index in [0.29, 0.717) is 24.0 Å². The van der Waals surface area contributed by atoms with Crippen LogP contribution in [0.3, 0.4) is 0 Å². The predicted octanol–water partition coefficient (Wildman–Crippen LogP) is 3.70. The summed E-state index contributed by atoms with van der Waals surface area (Å²) in [5.41, 5.74) is 0.498. The van der Waals surface area contributed by atoms with E-state index in [1.54, 1.807) is 0 Å². The summed E-state index contributed by atoms with van der Waals surface area (Å²) in [5.74, 6) is 0.106. The van der Waals surface area contributed by atoms with Crippen LogP contribution in [0.5, 0.6) is 0 Å². The van der Waals surface area contributed by atoms with Crippen molar-refractivity contribution >= 4 is 5.82 Å². The van der Waals surface area contributed by atoms with Gasteiger partial charge in [-0.25, -0.2) is 14.4 Å². The quantitative estimate of drug-likeness (QED) is 0.890. The molecule has 0 radical (unpaired) electrons. The molecule has 1 aromatic heterocycles. The highest BCUT2D eigenvalue weighted by Gasteiger charge is 2.15. The number of hydrogen-bond acceptors (Lipinski definition) is 3. The van der Waals surface area contributed by atoms with Crippen LogP contribution in [0.15, 0.2) is 6.33 Å². The Morgan fingerprint density at radius 1 is 1.17 bits per heavy atom. The molecule has 0 amide bonds. The zero-order valence-corrected chi connectivity index (χ0v) is 11.1. The van der Waals surface area contributed by atoms with Gasteiger partial charge >= 0.3 is 0 Å². The molecule has 0 unspecified atom stereocenters. The zero-order chi connectivity index (χ0) is 12.8. The first-order chi connectivity index (χ1) is 8.81. The molecule has 3 nitrogen and oxygen atoms in total. The third-order valence-electron chi connectivity index (χ3n) is 3.64. The first-order valence-corrected chi connectivity index (χ1v) is 7.07. The fourth-order valence-electron chi connectivity index (χ4n) is 2.55. The Morgan fingerprint density at radius 2 is 1.83 bits per heavy atom. The lowest BCUT2D eigenvalue weighted by Gasteiger charge is -2.21. The third kappa shape index (κ3) is 3.40. The first kappa shape index (κ1) is 13.2. The van der Waals surface area contributed by atoms with Crippen LogP contribution in [-0.2, 0) is 6.42 Å². The molecule has 18 heavy (non-hydrogen) atoms. The summed E-state index contributed by atoms with van der Waals surface area (Å²) in [6.45, 7) is 1.91. The molecule has 4 heteroatoms. The second-order valence-corrected chi connectivity index (χ2v) is 5.02. The van der Waals surface area contributed by atoms with Crippen LogP contribution >= 0.6 is 0 Å². The number of halogens is 1. The number of aromatic nitrogens is 2. The van der Waals surface area contributed by atoms with Crippen molar-refractivity contribution < 1.29 is 4.39 Å². The highest BCUT2D eigenvalue weighted by atomic mass is 19.1. The van der Waals surface area contributed by atoms with Gasteiger partial charge in [0.1, 0.15) is 6.33 Å². The van der Waals surface area contributed by atoms with Crippen LogP contribution in [0.4, 0.5) is 10.2 Å². The van der Waals surface area contributed by atoms with Crippen LogP contribution < -0.4 is 5.32 Å². The molecule has 1 aromatic rings. The number of hydrogen-bond donors (Lipinski definition) is 1. The lowest BCUT2D eigenvalue weighted by Crippen LogP contribution is -2.22. The van der Waals surface area contributed by atoms with Gasteiger partial charge < -0.3 is 5.32 Å². The molecule has 0 aromatic carbocycles. The first-order valence-electron chi connectivity index (χ1n) is 7.07. The van der Waals surface area contributed by atoms with E-state index in [9.17, 15) is 4.39 Å². The molecule has 1 aliphatic carbocycles. The van der Waals surface area contributed by atoms with Gasteiger partial charge in [0.15, 0.2) is 11.6 Å². The van der Waals surface area contributed by atoms with Crippen molar-refractivity contribution in [1.29, 1.82) is 0 Å². The molecule has 0 bridgehead atoms. The fourth-order valence-corrected chi connectivity index (χ4v) is 2.55. The standard InChI is InChI=1S/C14H22FN3/c1-2-12-13(15)14(17-10-16-12)18-11-8-6-4-3-5-7-9-11/h10-11H,2-9H2,1H3,(H,16,17,18). The van der Waals surface area contributed by atoms with Gasteiger partial charge in [-0.3, -0.25) is 0 Å². The lowest BCUT2D eigenvalue weighted by molar-refractivity contribution is 0.468. The number of aryl methyl sites for hydroxylation is 1. The van der Waals surface area contributed by atoms with Crippen LogP contribution in [-0.4, -0.2) is 16.0 Å². The topological polar surface area (TPSA) is 37.8 Å². The summed E-state index contributed by atoms with van der Waals surface area (Å²) in [6, 6.07) is 0.361. The lowest BCUT2D eigenvalue weighted by atomic mass is 9.97. The third-order valence-corrected chi connectivity index (χ3v) is 3.64. The maximum atomic E-state index is 14.0. The summed E-state index contributed by atoms with van der Waals surface area (Å²) < 4.78 is 14.0. The summed E-state index contributed by atoms with van der Waals surface area (Å²) in [7, 11) is 0. The molecular formula is C14H22FN3. The van der Waals surface area contributed by atoms with E-state index >= 15 is 0 Å². The van der Waals surface area contributed by atoms with Crippen LogP contribution in [0.2, 0.25) is 0 Å². The minimum atomic E-state index is -0.276. The number of nitrogens with zero attached hydrogens (tertiary/aromatic N) is 2. The highest BCUT2D eigenvalue weighted by molar-refractivity contribution is 5.38. The summed E-state index contributed by atoms with van der Waals surface area (Å²) in [4.78, 5) is 8.00. The Balaban J connectivity index is 2.03. The van der Waals surface area contributed by atoms with Gasteiger partial charge in [-0.05, 0) is 19.3 Å². The smallest absolute Gasteiger partial charge is 0.186 e. The molecule has 100 valence electrons. The molecule has 0 atom stereocenters. The SMILES string of the molecule is CCc1ncnc(NC2CCCCCCC2)c1F. The van der Waals surface area contributed by atoms with E-state index in [1.807, 2.05) is 6.92 Å². The van der Waals surface area contributed by atoms with Gasteiger partial charge in [-0.1, -0.05) is 39.0 Å². The molecular weight excluding hydrogens is 229 g/mol. The maximum Gasteiger partial charge on any atom is 0.186 e. The highest BCUT2D eigenvalue weighted by Crippen LogP contribution is 2.21. The van der Waals surface area contributed by atoms with E-state index in [2.05, 4.69) is 15.3 Å². The van der Waals surface area contributed by atoms with Crippen molar-refractivity contribution in [3.05, 3.63) is 17.8 Å². The average molecular weight is 251 g/mol. The maximum absolute atomic E-state index is 14.0.